The molecule has 16 heteroatoms. The number of benzene rings is 3. The van der Waals surface area contributed by atoms with Crippen molar-refractivity contribution in [1.29, 1.82) is 0 Å². The molecule has 0 fully saturated rings. The molecule has 0 spiro atoms. The molecule has 3 aromatic carbocycles. The van der Waals surface area contributed by atoms with E-state index in [4.69, 9.17) is 20.4 Å². The van der Waals surface area contributed by atoms with Gasteiger partial charge in [0.15, 0.2) is 5.69 Å². The largest absolute Gasteiger partial charge is 0.542 e. The molecule has 5 rings (SSSR count). The van der Waals surface area contributed by atoms with Crippen molar-refractivity contribution in [2.45, 2.75) is 65.5 Å². The van der Waals surface area contributed by atoms with Crippen molar-refractivity contribution < 1.29 is 51.7 Å². The predicted molar refractivity (Wildman–Crippen MR) is 188 cm³/mol. The van der Waals surface area contributed by atoms with Crippen LogP contribution in [0.1, 0.15) is 51.5 Å². The van der Waals surface area contributed by atoms with Crippen molar-refractivity contribution in [3.8, 4) is 5.75 Å². The summed E-state index contributed by atoms with van der Waals surface area (Å²) in [5.74, 6) is -4.04. The molecule has 4 N–H and O–H groups in total. The van der Waals surface area contributed by atoms with Gasteiger partial charge in [-0.25, -0.2) is 14.2 Å². The van der Waals surface area contributed by atoms with Gasteiger partial charge >= 0.3 is 23.1 Å². The lowest BCUT2D eigenvalue weighted by molar-refractivity contribution is -0.506. The number of carboxylic acids is 1. The number of imidazole rings is 1. The Kier molecular flexibility index (Phi) is 12.8. The number of nitrogens with zero attached hydrogens (tertiary/aromatic N) is 3. The summed E-state index contributed by atoms with van der Waals surface area (Å²) < 4.78 is 41.0. The number of aliphatic carboxylic acids is 1. The highest BCUT2D eigenvalue weighted by molar-refractivity contribution is 7.16. The number of thiazole rings is 1. The number of aromatic nitrogens is 2. The van der Waals surface area contributed by atoms with Crippen LogP contribution in [0.3, 0.4) is 0 Å². The first kappa shape index (κ1) is 39.9. The van der Waals surface area contributed by atoms with Crippen molar-refractivity contribution in [1.82, 2.24) is 9.47 Å². The number of urea groups is 1. The first-order valence-electron chi connectivity index (χ1n) is 16.2. The van der Waals surface area contributed by atoms with Gasteiger partial charge in [-0.1, -0.05) is 47.7 Å². The van der Waals surface area contributed by atoms with Crippen LogP contribution in [0.25, 0.3) is 4.96 Å². The highest BCUT2D eigenvalue weighted by atomic mass is 32.1. The van der Waals surface area contributed by atoms with Crippen LogP contribution in [0.4, 0.5) is 23.7 Å². The van der Waals surface area contributed by atoms with E-state index < -0.39 is 36.1 Å². The standard InChI is InChI=1S/C35H37N5O5S.C2HF3O2/c1-22(2)45-33(43)26-11-13-28(14-12-26)37-34(44)40(31(32(36)42)17-25-9-15-30(41)16-10-25)21-29-20-38-18-24(4)46-35(38)39(29)19-27-8-6-5-7-23(27)3;3-2(4,5)1(6)7/h5-16,18,20,22,31H,17,19,21H2,1-4H3,(H3-,36,37,41,42,43,44);(H,6,7)/t31-;/m0./s1. The molecule has 280 valence electrons. The summed E-state index contributed by atoms with van der Waals surface area (Å²) in [6.45, 7) is 8.31. The molecule has 0 aliphatic heterocycles. The van der Waals surface area contributed by atoms with E-state index in [2.05, 4.69) is 28.9 Å². The second kappa shape index (κ2) is 17.1. The number of primary amides is 1. The molecule has 1 atom stereocenters. The molecule has 0 saturated heterocycles. The number of aryl methyl sites for hydroxylation is 2. The Bertz CT molecular complexity index is 2080. The second-order valence-corrected chi connectivity index (χ2v) is 13.5. The van der Waals surface area contributed by atoms with E-state index in [1.54, 1.807) is 61.6 Å². The maximum absolute atomic E-state index is 14.1. The molecular weight excluding hydrogens is 715 g/mol. The molecule has 2 heterocycles. The Morgan fingerprint density at radius 3 is 2.19 bits per heavy atom. The summed E-state index contributed by atoms with van der Waals surface area (Å²) in [7, 11) is 0. The van der Waals surface area contributed by atoms with Crippen LogP contribution in [0, 0.1) is 13.8 Å². The van der Waals surface area contributed by atoms with Gasteiger partial charge in [0.1, 0.15) is 36.7 Å². The number of rotatable bonds is 11. The number of aromatic hydroxyl groups is 1. The fourth-order valence-electron chi connectivity index (χ4n) is 5.25. The normalized spacial score (nSPS) is 11.8. The van der Waals surface area contributed by atoms with Gasteiger partial charge < -0.3 is 35.7 Å². The van der Waals surface area contributed by atoms with Crippen LogP contribution < -0.4 is 20.6 Å². The molecule has 0 saturated carbocycles. The van der Waals surface area contributed by atoms with Crippen molar-refractivity contribution in [2.75, 3.05) is 5.32 Å². The van der Waals surface area contributed by atoms with Crippen molar-refractivity contribution >= 4 is 45.9 Å². The molecule has 3 amide bonds. The maximum atomic E-state index is 14.1. The van der Waals surface area contributed by atoms with Crippen LogP contribution in [-0.2, 0) is 33.8 Å². The van der Waals surface area contributed by atoms with E-state index in [9.17, 15) is 32.7 Å². The Hall–Kier alpha value is -5.90. The Morgan fingerprint density at radius 1 is 1.00 bits per heavy atom. The molecule has 0 unspecified atom stereocenters. The van der Waals surface area contributed by atoms with Crippen LogP contribution in [0.5, 0.6) is 5.75 Å². The number of nitrogens with two attached hydrogens (primary N) is 1. The molecular formula is C37H38F3N5O7S. The zero-order chi connectivity index (χ0) is 39.0. The summed E-state index contributed by atoms with van der Waals surface area (Å²) in [4.78, 5) is 51.8. The molecule has 53 heavy (non-hydrogen) atoms. The first-order chi connectivity index (χ1) is 24.9. The van der Waals surface area contributed by atoms with E-state index >= 15 is 0 Å². The van der Waals surface area contributed by atoms with Gasteiger partial charge in [0.25, 0.3) is 0 Å². The Morgan fingerprint density at radius 2 is 1.62 bits per heavy atom. The van der Waals surface area contributed by atoms with E-state index in [-0.39, 0.29) is 24.8 Å². The van der Waals surface area contributed by atoms with E-state index in [1.807, 2.05) is 35.9 Å². The lowest BCUT2D eigenvalue weighted by Crippen LogP contribution is -2.50. The van der Waals surface area contributed by atoms with Crippen molar-refractivity contribution in [3.63, 3.8) is 0 Å². The van der Waals surface area contributed by atoms with Gasteiger partial charge in [0.2, 0.25) is 5.91 Å². The second-order valence-electron chi connectivity index (χ2n) is 12.3. The zero-order valence-corrected chi connectivity index (χ0v) is 30.0. The molecule has 0 aliphatic rings. The SMILES string of the molecule is Cc1c[n+]2cc(CN(C(=O)Nc3ccc(C(=O)OC(C)C)cc3)[C@@H](Cc3ccc(O)cc3)C(N)=O)n(Cc3ccccc3C)c2s1.O=C([O-])C(F)(F)F. The molecule has 2 aromatic heterocycles. The number of anilines is 1. The van der Waals surface area contributed by atoms with E-state index in [1.165, 1.54) is 17.0 Å². The number of phenols is 1. The Balaban J connectivity index is 0.000000815. The van der Waals surface area contributed by atoms with Crippen LogP contribution in [-0.4, -0.2) is 56.8 Å². The smallest absolute Gasteiger partial charge is 0.430 e. The lowest BCUT2D eigenvalue weighted by atomic mass is 10.0. The predicted octanol–water partition coefficient (Wildman–Crippen LogP) is 4.65. The average Bonchev–Trinajstić information content (AvgIpc) is 3.59. The molecule has 0 bridgehead atoms. The van der Waals surface area contributed by atoms with Gasteiger partial charge in [-0.15, -0.1) is 0 Å². The number of amides is 3. The van der Waals surface area contributed by atoms with Crippen molar-refractivity contribution in [3.05, 3.63) is 118 Å². The van der Waals surface area contributed by atoms with Gasteiger partial charge in [-0.2, -0.15) is 17.6 Å². The number of halogens is 3. The van der Waals surface area contributed by atoms with Gasteiger partial charge in [-0.3, -0.25) is 4.79 Å². The maximum Gasteiger partial charge on any atom is 0.430 e. The monoisotopic (exact) mass is 753 g/mol. The fourth-order valence-corrected chi connectivity index (χ4v) is 6.21. The van der Waals surface area contributed by atoms with Crippen LogP contribution in [0.15, 0.2) is 85.2 Å². The number of carbonyl (C=O) groups excluding carboxylic acids is 4. The molecule has 5 aromatic rings. The number of nitrogens with one attached hydrogen (secondary N) is 1. The van der Waals surface area contributed by atoms with E-state index in [0.29, 0.717) is 17.8 Å². The number of alkyl halides is 3. The summed E-state index contributed by atoms with van der Waals surface area (Å²) in [6.07, 6.45) is -1.30. The fraction of sp³-hybridized carbons (Fsp3) is 0.270. The van der Waals surface area contributed by atoms with Gasteiger partial charge in [0, 0.05) is 17.0 Å². The van der Waals surface area contributed by atoms with Gasteiger partial charge in [0.05, 0.1) is 18.2 Å². The summed E-state index contributed by atoms with van der Waals surface area (Å²) in [6, 6.07) is 19.4. The summed E-state index contributed by atoms with van der Waals surface area (Å²) in [5, 5.41) is 21.5. The zero-order valence-electron chi connectivity index (χ0n) is 29.2. The summed E-state index contributed by atoms with van der Waals surface area (Å²) >= 11 is 1.64. The minimum Gasteiger partial charge on any atom is -0.542 e. The molecule has 0 aliphatic carbocycles. The number of carbonyl (C=O) groups is 4. The number of hydrogen-bond acceptors (Lipinski definition) is 8. The minimum atomic E-state index is -5.19. The first-order valence-corrected chi connectivity index (χ1v) is 17.0. The quantitative estimate of drug-likeness (QED) is 0.130. The number of ether oxygens (including phenoxy) is 1. The lowest BCUT2D eigenvalue weighted by Gasteiger charge is -2.29. The third kappa shape index (κ3) is 10.8. The number of phenolic OH excluding ortho intramolecular Hbond substituents is 1. The number of hydrogen-bond donors (Lipinski definition) is 3. The third-order valence-corrected chi connectivity index (χ3v) is 8.90. The minimum absolute atomic E-state index is 0.0790. The Labute approximate surface area is 306 Å². The number of carboxylic acid groups (broad SMARTS) is 1. The number of esters is 1. The molecule has 12 nitrogen and oxygen atoms in total. The van der Waals surface area contributed by atoms with Crippen LogP contribution in [0.2, 0.25) is 0 Å². The van der Waals surface area contributed by atoms with Gasteiger partial charge in [-0.05, 0) is 80.8 Å². The van der Waals surface area contributed by atoms with Crippen molar-refractivity contribution in [2.24, 2.45) is 5.73 Å². The highest BCUT2D eigenvalue weighted by Crippen LogP contribution is 2.23. The number of fused-ring (bicyclic) bond motifs is 1. The average molecular weight is 754 g/mol. The highest BCUT2D eigenvalue weighted by Gasteiger charge is 2.33. The van der Waals surface area contributed by atoms with Crippen LogP contribution >= 0.6 is 11.3 Å². The van der Waals surface area contributed by atoms with E-state index in [0.717, 1.165) is 32.2 Å². The summed E-state index contributed by atoms with van der Waals surface area (Å²) in [5.41, 5.74) is 10.6. The molecule has 0 radical (unpaired) electrons. The third-order valence-electron chi connectivity index (χ3n) is 7.86. The topological polar surface area (TPSA) is 171 Å².